The molecule has 0 aromatic carbocycles. The standard InChI is InChI=1S/C13H23N5O2/c1-9(2)20-12-17-10(14-3)16-11(18-12)15-8-13(19)6-4-5-7-13/h9,19H,4-8H2,1-3H3,(H2,14,15,16,17,18). The van der Waals surface area contributed by atoms with Crippen molar-refractivity contribution in [3.63, 3.8) is 0 Å². The van der Waals surface area contributed by atoms with Crippen LogP contribution in [0.2, 0.25) is 0 Å². The molecule has 0 atom stereocenters. The average molecular weight is 281 g/mol. The third-order valence-electron chi connectivity index (χ3n) is 3.29. The Hall–Kier alpha value is -1.63. The first kappa shape index (κ1) is 14.8. The zero-order chi connectivity index (χ0) is 14.6. The molecule has 1 aliphatic rings. The molecular formula is C13H23N5O2. The van der Waals surface area contributed by atoms with Crippen LogP contribution < -0.4 is 15.4 Å². The highest BCUT2D eigenvalue weighted by atomic mass is 16.5. The Morgan fingerprint density at radius 2 is 1.85 bits per heavy atom. The van der Waals surface area contributed by atoms with Crippen molar-refractivity contribution in [3.05, 3.63) is 0 Å². The molecule has 3 N–H and O–H groups in total. The Kier molecular flexibility index (Phi) is 4.59. The van der Waals surface area contributed by atoms with Gasteiger partial charge in [-0.05, 0) is 26.7 Å². The molecule has 7 nitrogen and oxygen atoms in total. The maximum Gasteiger partial charge on any atom is 0.323 e. The molecule has 1 heterocycles. The summed E-state index contributed by atoms with van der Waals surface area (Å²) in [7, 11) is 1.74. The van der Waals surface area contributed by atoms with Gasteiger partial charge in [0, 0.05) is 13.6 Å². The van der Waals surface area contributed by atoms with Gasteiger partial charge in [-0.15, -0.1) is 0 Å². The van der Waals surface area contributed by atoms with Gasteiger partial charge in [0.05, 0.1) is 11.7 Å². The van der Waals surface area contributed by atoms with Gasteiger partial charge in [0.25, 0.3) is 0 Å². The van der Waals surface area contributed by atoms with Crippen molar-refractivity contribution in [2.24, 2.45) is 0 Å². The van der Waals surface area contributed by atoms with Crippen molar-refractivity contribution in [2.75, 3.05) is 24.2 Å². The average Bonchev–Trinajstić information content (AvgIpc) is 2.83. The number of hydrogen-bond acceptors (Lipinski definition) is 7. The predicted octanol–water partition coefficient (Wildman–Crippen LogP) is 1.42. The van der Waals surface area contributed by atoms with E-state index in [2.05, 4.69) is 25.6 Å². The number of anilines is 2. The lowest BCUT2D eigenvalue weighted by molar-refractivity contribution is 0.0612. The lowest BCUT2D eigenvalue weighted by Gasteiger charge is -2.22. The van der Waals surface area contributed by atoms with Crippen LogP contribution in [-0.2, 0) is 0 Å². The van der Waals surface area contributed by atoms with E-state index in [4.69, 9.17) is 4.74 Å². The molecule has 1 fully saturated rings. The Balaban J connectivity index is 2.05. The summed E-state index contributed by atoms with van der Waals surface area (Å²) in [6.07, 6.45) is 3.77. The summed E-state index contributed by atoms with van der Waals surface area (Å²) < 4.78 is 5.49. The first-order chi connectivity index (χ1) is 9.50. The second-order valence-corrected chi connectivity index (χ2v) is 5.47. The van der Waals surface area contributed by atoms with Gasteiger partial charge in [-0.1, -0.05) is 12.8 Å². The fraction of sp³-hybridized carbons (Fsp3) is 0.769. The fourth-order valence-corrected chi connectivity index (χ4v) is 2.26. The molecule has 0 radical (unpaired) electrons. The molecule has 0 spiro atoms. The van der Waals surface area contributed by atoms with E-state index in [0.29, 0.717) is 18.4 Å². The second kappa shape index (κ2) is 6.21. The van der Waals surface area contributed by atoms with Crippen molar-refractivity contribution in [1.29, 1.82) is 0 Å². The van der Waals surface area contributed by atoms with Crippen molar-refractivity contribution >= 4 is 11.9 Å². The van der Waals surface area contributed by atoms with Gasteiger partial charge in [0.1, 0.15) is 0 Å². The number of nitrogens with one attached hydrogen (secondary N) is 2. The van der Waals surface area contributed by atoms with E-state index in [1.807, 2.05) is 13.8 Å². The Bertz CT molecular complexity index is 446. The normalized spacial score (nSPS) is 17.2. The lowest BCUT2D eigenvalue weighted by atomic mass is 10.0. The van der Waals surface area contributed by atoms with Crippen molar-refractivity contribution < 1.29 is 9.84 Å². The number of rotatable bonds is 6. The summed E-state index contributed by atoms with van der Waals surface area (Å²) in [5.74, 6) is 0.858. The zero-order valence-electron chi connectivity index (χ0n) is 12.3. The molecular weight excluding hydrogens is 258 g/mol. The van der Waals surface area contributed by atoms with Crippen molar-refractivity contribution in [1.82, 2.24) is 15.0 Å². The molecule has 0 saturated heterocycles. The van der Waals surface area contributed by atoms with Gasteiger partial charge in [0.15, 0.2) is 0 Å². The van der Waals surface area contributed by atoms with E-state index in [0.717, 1.165) is 25.7 Å². The molecule has 2 rings (SSSR count). The van der Waals surface area contributed by atoms with Crippen molar-refractivity contribution in [2.45, 2.75) is 51.2 Å². The summed E-state index contributed by atoms with van der Waals surface area (Å²) in [5, 5.41) is 16.3. The fourth-order valence-electron chi connectivity index (χ4n) is 2.26. The van der Waals surface area contributed by atoms with Crippen LogP contribution in [0.1, 0.15) is 39.5 Å². The van der Waals surface area contributed by atoms with Gasteiger partial charge < -0.3 is 20.5 Å². The first-order valence-electron chi connectivity index (χ1n) is 7.07. The first-order valence-corrected chi connectivity index (χ1v) is 7.07. The highest BCUT2D eigenvalue weighted by Crippen LogP contribution is 2.29. The Morgan fingerprint density at radius 1 is 1.20 bits per heavy atom. The molecule has 7 heteroatoms. The van der Waals surface area contributed by atoms with E-state index in [1.54, 1.807) is 7.05 Å². The van der Waals surface area contributed by atoms with Crippen molar-refractivity contribution in [3.8, 4) is 6.01 Å². The van der Waals surface area contributed by atoms with Crippen LogP contribution in [0.3, 0.4) is 0 Å². The number of hydrogen-bond donors (Lipinski definition) is 3. The molecule has 1 aromatic heterocycles. The maximum atomic E-state index is 10.3. The molecule has 1 saturated carbocycles. The molecule has 0 bridgehead atoms. The van der Waals surface area contributed by atoms with Crippen LogP contribution in [0.5, 0.6) is 6.01 Å². The summed E-state index contributed by atoms with van der Waals surface area (Å²) in [5.41, 5.74) is -0.647. The van der Waals surface area contributed by atoms with Crippen LogP contribution in [-0.4, -0.2) is 45.4 Å². The van der Waals surface area contributed by atoms with Crippen LogP contribution in [0.15, 0.2) is 0 Å². The van der Waals surface area contributed by atoms with Gasteiger partial charge >= 0.3 is 6.01 Å². The zero-order valence-corrected chi connectivity index (χ0v) is 12.3. The summed E-state index contributed by atoms with van der Waals surface area (Å²) in [6.45, 7) is 4.27. The highest BCUT2D eigenvalue weighted by Gasteiger charge is 2.31. The monoisotopic (exact) mass is 281 g/mol. The number of aliphatic hydroxyl groups is 1. The highest BCUT2D eigenvalue weighted by molar-refractivity contribution is 5.35. The summed E-state index contributed by atoms with van der Waals surface area (Å²) in [6, 6.07) is 0.278. The predicted molar refractivity (Wildman–Crippen MR) is 77.0 cm³/mol. The topological polar surface area (TPSA) is 92.2 Å². The number of nitrogens with zero attached hydrogens (tertiary/aromatic N) is 3. The van der Waals surface area contributed by atoms with Crippen LogP contribution in [0.4, 0.5) is 11.9 Å². The van der Waals surface area contributed by atoms with E-state index in [-0.39, 0.29) is 12.1 Å². The molecule has 1 aliphatic carbocycles. The van der Waals surface area contributed by atoms with E-state index in [9.17, 15) is 5.11 Å². The van der Waals surface area contributed by atoms with Gasteiger partial charge in [0.2, 0.25) is 11.9 Å². The molecule has 0 aliphatic heterocycles. The third kappa shape index (κ3) is 3.93. The smallest absolute Gasteiger partial charge is 0.323 e. The van der Waals surface area contributed by atoms with Crippen LogP contribution >= 0.6 is 0 Å². The van der Waals surface area contributed by atoms with Crippen LogP contribution in [0.25, 0.3) is 0 Å². The minimum Gasteiger partial charge on any atom is -0.461 e. The second-order valence-electron chi connectivity index (χ2n) is 5.47. The molecule has 20 heavy (non-hydrogen) atoms. The molecule has 1 aromatic rings. The number of ether oxygens (including phenoxy) is 1. The van der Waals surface area contributed by atoms with E-state index in [1.165, 1.54) is 0 Å². The van der Waals surface area contributed by atoms with E-state index >= 15 is 0 Å². The van der Waals surface area contributed by atoms with Gasteiger partial charge in [-0.2, -0.15) is 15.0 Å². The third-order valence-corrected chi connectivity index (χ3v) is 3.29. The summed E-state index contributed by atoms with van der Waals surface area (Å²) in [4.78, 5) is 12.6. The molecule has 0 unspecified atom stereocenters. The Labute approximate surface area is 119 Å². The Morgan fingerprint density at radius 3 is 2.45 bits per heavy atom. The molecule has 112 valence electrons. The number of aromatic nitrogens is 3. The van der Waals surface area contributed by atoms with Crippen LogP contribution in [0, 0.1) is 0 Å². The van der Waals surface area contributed by atoms with Gasteiger partial charge in [-0.25, -0.2) is 0 Å². The quantitative estimate of drug-likeness (QED) is 0.726. The SMILES string of the molecule is CNc1nc(NCC2(O)CCCC2)nc(OC(C)C)n1. The van der Waals surface area contributed by atoms with Gasteiger partial charge in [-0.3, -0.25) is 0 Å². The molecule has 0 amide bonds. The minimum absolute atomic E-state index is 0.00558. The minimum atomic E-state index is -0.647. The maximum absolute atomic E-state index is 10.3. The van der Waals surface area contributed by atoms with E-state index < -0.39 is 5.60 Å². The lowest BCUT2D eigenvalue weighted by Crippen LogP contribution is -2.34. The summed E-state index contributed by atoms with van der Waals surface area (Å²) >= 11 is 0. The largest absolute Gasteiger partial charge is 0.461 e.